The third kappa shape index (κ3) is 9.34. The predicted octanol–water partition coefficient (Wildman–Crippen LogP) is 6.89. The van der Waals surface area contributed by atoms with Gasteiger partial charge in [-0.25, -0.2) is 0 Å². The molecule has 2 saturated heterocycles. The molecule has 0 spiro atoms. The first-order valence-electron chi connectivity index (χ1n) is 16.7. The number of morpholine rings is 1. The topological polar surface area (TPSA) is 54.5 Å². The van der Waals surface area contributed by atoms with Crippen LogP contribution in [0, 0.1) is 18.8 Å². The fraction of sp³-hybridized carbons (Fsp3) is 0.595. The molecule has 2 aromatic carbocycles. The summed E-state index contributed by atoms with van der Waals surface area (Å²) in [5.74, 6) is 7.04. The summed E-state index contributed by atoms with van der Waals surface area (Å²) in [6.45, 7) is 22.2. The van der Waals surface area contributed by atoms with Crippen molar-refractivity contribution in [2.45, 2.75) is 83.9 Å². The molecule has 1 amide bonds. The van der Waals surface area contributed by atoms with Gasteiger partial charge in [-0.2, -0.15) is 13.2 Å². The lowest BCUT2D eigenvalue weighted by Gasteiger charge is -2.41. The van der Waals surface area contributed by atoms with E-state index in [4.69, 9.17) is 13.9 Å². The number of rotatable bonds is 8. The van der Waals surface area contributed by atoms with Crippen LogP contribution >= 0.6 is 0 Å². The number of amides is 1. The zero-order valence-corrected chi connectivity index (χ0v) is 31.0. The third-order valence-corrected chi connectivity index (χ3v) is 14.3. The zero-order valence-electron chi connectivity index (χ0n) is 30.0. The van der Waals surface area contributed by atoms with Crippen molar-refractivity contribution in [3.63, 3.8) is 0 Å². The molecule has 7 nitrogen and oxygen atoms in total. The highest BCUT2D eigenvalue weighted by molar-refractivity contribution is 6.74. The Morgan fingerprint density at radius 3 is 2.40 bits per heavy atom. The number of hydrogen-bond acceptors (Lipinski definition) is 6. The Kier molecular flexibility index (Phi) is 11.7. The molecule has 0 radical (unpaired) electrons. The molecule has 2 heterocycles. The highest BCUT2D eigenvalue weighted by Gasteiger charge is 2.40. The summed E-state index contributed by atoms with van der Waals surface area (Å²) >= 11 is 0. The average Bonchev–Trinajstić information content (AvgIpc) is 3.00. The maximum Gasteiger partial charge on any atom is 0.416 e. The molecule has 2 fully saturated rings. The van der Waals surface area contributed by atoms with E-state index in [0.717, 1.165) is 35.6 Å². The highest BCUT2D eigenvalue weighted by Crippen LogP contribution is 2.39. The van der Waals surface area contributed by atoms with Crippen molar-refractivity contribution in [1.29, 1.82) is 0 Å². The Hall–Kier alpha value is -3.04. The zero-order chi connectivity index (χ0) is 35.5. The number of aryl methyl sites for hydroxylation is 1. The van der Waals surface area contributed by atoms with Gasteiger partial charge in [-0.15, -0.1) is 0 Å². The number of nitrogens with zero attached hydrogens (tertiary/aromatic N) is 3. The Labute approximate surface area is 285 Å². The van der Waals surface area contributed by atoms with E-state index in [0.29, 0.717) is 52.4 Å². The number of carbonyl (C=O) groups excluding carboxylic acids is 1. The van der Waals surface area contributed by atoms with Crippen LogP contribution in [-0.2, 0) is 17.3 Å². The normalized spacial score (nSPS) is 19.4. The van der Waals surface area contributed by atoms with E-state index in [1.54, 1.807) is 4.90 Å². The molecule has 0 bridgehead atoms. The van der Waals surface area contributed by atoms with Crippen LogP contribution in [-0.4, -0.2) is 100 Å². The average molecular weight is 688 g/mol. The van der Waals surface area contributed by atoms with Crippen LogP contribution < -0.4 is 9.16 Å². The minimum atomic E-state index is -4.61. The molecule has 2 aromatic rings. The summed E-state index contributed by atoms with van der Waals surface area (Å²) in [4.78, 5) is 20.3. The highest BCUT2D eigenvalue weighted by atomic mass is 28.4. The maximum absolute atomic E-state index is 14.0. The number of benzene rings is 2. The molecule has 4 rings (SSSR count). The van der Waals surface area contributed by atoms with Gasteiger partial charge in [0.2, 0.25) is 8.32 Å². The maximum atomic E-state index is 14.0. The van der Waals surface area contributed by atoms with Crippen molar-refractivity contribution in [3.05, 3.63) is 58.7 Å². The molecule has 0 aliphatic carbocycles. The summed E-state index contributed by atoms with van der Waals surface area (Å²) in [5, 5.41) is 0.0209. The molecule has 48 heavy (non-hydrogen) atoms. The summed E-state index contributed by atoms with van der Waals surface area (Å²) in [5.41, 5.74) is 1.01. The second-order valence-electron chi connectivity index (χ2n) is 15.1. The van der Waals surface area contributed by atoms with E-state index in [1.165, 1.54) is 13.2 Å². The first kappa shape index (κ1) is 37.8. The van der Waals surface area contributed by atoms with Crippen molar-refractivity contribution in [1.82, 2.24) is 14.7 Å². The number of hydrogen-bond donors (Lipinski definition) is 0. The largest absolute Gasteiger partial charge is 0.543 e. The third-order valence-electron chi connectivity index (χ3n) is 9.95. The van der Waals surface area contributed by atoms with Crippen LogP contribution in [0.2, 0.25) is 18.1 Å². The Balaban J connectivity index is 1.59. The molecule has 0 N–H and O–H groups in total. The molecular weight excluding hydrogens is 636 g/mol. The summed E-state index contributed by atoms with van der Waals surface area (Å²) in [7, 11) is -0.813. The standard InChI is InChI=1S/C37H52F3N3O4Si/c1-27-12-13-28(21-33(27)47-48(8,9)35(2,3)4)20-31-25-41(14-10-11-15-42-18-19-46-26-36(42,5)6)16-17-43(31)34(44)29-22-30(37(38,39)40)24-32(23-29)45-7/h12-13,21-24,31H,14-20,25-26H2,1-9H3/t31-/m1/s1. The molecule has 264 valence electrons. The van der Waals surface area contributed by atoms with E-state index in [2.05, 4.69) is 75.4 Å². The van der Waals surface area contributed by atoms with Crippen molar-refractivity contribution in [3.8, 4) is 23.3 Å². The van der Waals surface area contributed by atoms with Crippen LogP contribution in [0.4, 0.5) is 13.2 Å². The molecule has 2 aliphatic rings. The molecule has 0 saturated carbocycles. The predicted molar refractivity (Wildman–Crippen MR) is 186 cm³/mol. The van der Waals surface area contributed by atoms with Gasteiger partial charge >= 0.3 is 6.18 Å². The van der Waals surface area contributed by atoms with Crippen LogP contribution in [0.25, 0.3) is 0 Å². The van der Waals surface area contributed by atoms with Crippen LogP contribution in [0.5, 0.6) is 11.5 Å². The molecule has 0 aromatic heterocycles. The van der Waals surface area contributed by atoms with Gasteiger partial charge in [0, 0.05) is 43.3 Å². The number of alkyl halides is 3. The van der Waals surface area contributed by atoms with Gasteiger partial charge in [-0.1, -0.05) is 44.7 Å². The van der Waals surface area contributed by atoms with E-state index >= 15 is 0 Å². The number of carbonyl (C=O) groups is 1. The molecule has 0 unspecified atom stereocenters. The van der Waals surface area contributed by atoms with Crippen molar-refractivity contribution in [2.24, 2.45) is 0 Å². The number of ether oxygens (including phenoxy) is 2. The van der Waals surface area contributed by atoms with Gasteiger partial charge in [-0.3, -0.25) is 14.6 Å². The molecule has 1 atom stereocenters. The van der Waals surface area contributed by atoms with Crippen LogP contribution in [0.3, 0.4) is 0 Å². The minimum Gasteiger partial charge on any atom is -0.543 e. The van der Waals surface area contributed by atoms with Crippen molar-refractivity contribution >= 4 is 14.2 Å². The Bertz CT molecular complexity index is 1510. The molecular formula is C37H52F3N3O4Si. The minimum absolute atomic E-state index is 0.00645. The summed E-state index contributed by atoms with van der Waals surface area (Å²) in [6, 6.07) is 9.08. The van der Waals surface area contributed by atoms with Gasteiger partial charge in [0.15, 0.2) is 0 Å². The number of piperazine rings is 1. The first-order valence-corrected chi connectivity index (χ1v) is 19.6. The van der Waals surface area contributed by atoms with Crippen molar-refractivity contribution in [2.75, 3.05) is 59.6 Å². The van der Waals surface area contributed by atoms with Crippen LogP contribution in [0.1, 0.15) is 61.7 Å². The first-order chi connectivity index (χ1) is 22.3. The van der Waals surface area contributed by atoms with Gasteiger partial charge in [0.05, 0.1) is 39.0 Å². The second-order valence-corrected chi connectivity index (χ2v) is 19.9. The van der Waals surface area contributed by atoms with E-state index in [9.17, 15) is 18.0 Å². The molecule has 11 heteroatoms. The SMILES string of the molecule is COc1cc(C(=O)N2CCN(CC#CCN3CCOCC3(C)C)C[C@H]2Cc2ccc(C)c(O[Si](C)(C)C(C)(C)C)c2)cc(C(F)(F)F)c1. The quantitative estimate of drug-likeness (QED) is 0.223. The monoisotopic (exact) mass is 687 g/mol. The van der Waals surface area contributed by atoms with Gasteiger partial charge in [0.1, 0.15) is 11.5 Å². The summed E-state index contributed by atoms with van der Waals surface area (Å²) < 4.78 is 58.7. The lowest BCUT2D eigenvalue weighted by Crippen LogP contribution is -2.56. The smallest absolute Gasteiger partial charge is 0.416 e. The van der Waals surface area contributed by atoms with Crippen molar-refractivity contribution < 1.29 is 31.9 Å². The van der Waals surface area contributed by atoms with E-state index in [1.807, 2.05) is 19.1 Å². The van der Waals surface area contributed by atoms with Gasteiger partial charge in [-0.05, 0) is 80.7 Å². The Morgan fingerprint density at radius 2 is 1.75 bits per heavy atom. The number of methoxy groups -OCH3 is 1. The summed E-state index contributed by atoms with van der Waals surface area (Å²) in [6.07, 6.45) is -4.10. The lowest BCUT2D eigenvalue weighted by molar-refractivity contribution is -0.137. The van der Waals surface area contributed by atoms with Crippen LogP contribution in [0.15, 0.2) is 36.4 Å². The Morgan fingerprint density at radius 1 is 1.04 bits per heavy atom. The fourth-order valence-corrected chi connectivity index (χ4v) is 6.84. The van der Waals surface area contributed by atoms with Gasteiger partial charge < -0.3 is 18.8 Å². The van der Waals surface area contributed by atoms with Gasteiger partial charge in [0.25, 0.3) is 5.91 Å². The molecule has 2 aliphatic heterocycles. The number of halogens is 3. The fourth-order valence-electron chi connectivity index (χ4n) is 5.76. The second kappa shape index (κ2) is 14.8. The lowest BCUT2D eigenvalue weighted by atomic mass is 9.99. The van der Waals surface area contributed by atoms with E-state index in [-0.39, 0.29) is 27.9 Å². The van der Waals surface area contributed by atoms with E-state index < -0.39 is 26.0 Å².